The summed E-state index contributed by atoms with van der Waals surface area (Å²) in [6.45, 7) is 1.57. The number of carbonyl (C=O) groups excluding carboxylic acids is 1. The van der Waals surface area contributed by atoms with Crippen molar-refractivity contribution in [2.45, 2.75) is 317 Å². The first kappa shape index (κ1) is 77.5. The zero-order valence-electron chi connectivity index (χ0n) is 52.3. The van der Waals surface area contributed by atoms with Crippen molar-refractivity contribution in [3.05, 3.63) is 72.9 Å². The van der Waals surface area contributed by atoms with E-state index in [-0.39, 0.29) is 18.9 Å². The lowest BCUT2D eigenvalue weighted by atomic mass is 9.96. The molecule has 0 aromatic carbocycles. The molecule has 0 saturated carbocycles. The second-order valence-electron chi connectivity index (χ2n) is 23.5. The number of unbranched alkanes of at least 4 members (excludes halogenated alkanes) is 23. The predicted molar refractivity (Wildman–Crippen MR) is 332 cm³/mol. The lowest BCUT2D eigenvalue weighted by Crippen LogP contribution is -2.66. The molecule has 0 radical (unpaired) electrons. The Hall–Kier alpha value is -2.77. The van der Waals surface area contributed by atoms with Gasteiger partial charge in [-0.1, -0.05) is 202 Å². The average molecular weight is 1220 g/mol. The van der Waals surface area contributed by atoms with Crippen LogP contribution < -0.4 is 5.32 Å². The van der Waals surface area contributed by atoms with Gasteiger partial charge in [-0.2, -0.15) is 0 Å². The third-order valence-corrected chi connectivity index (χ3v) is 16.2. The summed E-state index contributed by atoms with van der Waals surface area (Å²) in [5, 5.41) is 120. The molecule has 0 aromatic heterocycles. The highest BCUT2D eigenvalue weighted by Crippen LogP contribution is 2.33. The molecule has 19 nitrogen and oxygen atoms in total. The number of allylic oxidation sites excluding steroid dienone is 11. The van der Waals surface area contributed by atoms with E-state index < -0.39 is 124 Å². The summed E-state index contributed by atoms with van der Waals surface area (Å²) in [5.74, 6) is -0.309. The van der Waals surface area contributed by atoms with Crippen LogP contribution in [0.5, 0.6) is 0 Å². The molecule has 12 N–H and O–H groups in total. The van der Waals surface area contributed by atoms with Gasteiger partial charge in [0.25, 0.3) is 0 Å². The topological polar surface area (TPSA) is 307 Å². The summed E-state index contributed by atoms with van der Waals surface area (Å²) in [6, 6.07) is -1.01. The van der Waals surface area contributed by atoms with Gasteiger partial charge in [0, 0.05) is 6.42 Å². The molecule has 498 valence electrons. The van der Waals surface area contributed by atoms with Crippen LogP contribution in [0.15, 0.2) is 72.9 Å². The van der Waals surface area contributed by atoms with Crippen molar-refractivity contribution in [2.24, 2.45) is 0 Å². The minimum atomic E-state index is -1.99. The summed E-state index contributed by atoms with van der Waals surface area (Å²) >= 11 is 0. The molecule has 1 amide bonds. The van der Waals surface area contributed by atoms with Gasteiger partial charge in [0.15, 0.2) is 18.9 Å². The SMILES string of the molecule is CC/C=C\C/C=C\C/C=C\CCCCCCCC(=O)NC(COC1OC(CO)C(OC2OC(CO)C(OC3OC(CO)C(O)C(O)C3O)C(O)C2O)C(O)C1O)C(O)/C=C/CC/C=C/CC/C=C/CCCCCCCCCCCCCCCCCC. The fourth-order valence-electron chi connectivity index (χ4n) is 10.8. The molecule has 3 heterocycles. The van der Waals surface area contributed by atoms with Crippen molar-refractivity contribution >= 4 is 5.91 Å². The van der Waals surface area contributed by atoms with Crippen LogP contribution in [-0.2, 0) is 33.2 Å². The van der Waals surface area contributed by atoms with Crippen molar-refractivity contribution in [3.8, 4) is 0 Å². The van der Waals surface area contributed by atoms with Crippen LogP contribution in [0.4, 0.5) is 0 Å². The predicted octanol–water partition coefficient (Wildman–Crippen LogP) is 7.77. The fraction of sp³-hybridized carbons (Fsp3) is 0.806. The lowest BCUT2D eigenvalue weighted by molar-refractivity contribution is -0.379. The van der Waals surface area contributed by atoms with Gasteiger partial charge in [0.1, 0.15) is 73.2 Å². The first-order chi connectivity index (χ1) is 41.8. The number of hydrogen-bond donors (Lipinski definition) is 12. The number of hydrogen-bond acceptors (Lipinski definition) is 18. The van der Waals surface area contributed by atoms with Crippen LogP contribution in [0.2, 0.25) is 0 Å². The molecular weight excluding hydrogens is 1110 g/mol. The number of aliphatic hydroxyl groups excluding tert-OH is 11. The summed E-state index contributed by atoms with van der Waals surface area (Å²) < 4.78 is 34.3. The monoisotopic (exact) mass is 1220 g/mol. The molecule has 86 heavy (non-hydrogen) atoms. The molecule has 3 aliphatic heterocycles. The first-order valence-corrected chi connectivity index (χ1v) is 33.2. The van der Waals surface area contributed by atoms with Gasteiger partial charge in [-0.3, -0.25) is 4.79 Å². The van der Waals surface area contributed by atoms with Crippen LogP contribution in [-0.4, -0.2) is 193 Å². The minimum absolute atomic E-state index is 0.209. The second-order valence-corrected chi connectivity index (χ2v) is 23.5. The van der Waals surface area contributed by atoms with Gasteiger partial charge in [-0.05, 0) is 77.0 Å². The fourth-order valence-corrected chi connectivity index (χ4v) is 10.8. The summed E-state index contributed by atoms with van der Waals surface area (Å²) in [5.41, 5.74) is 0. The molecule has 0 spiro atoms. The maximum Gasteiger partial charge on any atom is 0.220 e. The van der Waals surface area contributed by atoms with Crippen LogP contribution in [0.3, 0.4) is 0 Å². The van der Waals surface area contributed by atoms with Gasteiger partial charge < -0.3 is 89.9 Å². The number of nitrogens with one attached hydrogen (secondary N) is 1. The van der Waals surface area contributed by atoms with Crippen molar-refractivity contribution in [1.29, 1.82) is 0 Å². The zero-order chi connectivity index (χ0) is 62.6. The lowest BCUT2D eigenvalue weighted by Gasteiger charge is -2.48. The van der Waals surface area contributed by atoms with E-state index in [9.17, 15) is 61.0 Å². The maximum absolute atomic E-state index is 13.3. The van der Waals surface area contributed by atoms with E-state index in [1.165, 1.54) is 103 Å². The van der Waals surface area contributed by atoms with Gasteiger partial charge in [0.2, 0.25) is 5.91 Å². The zero-order valence-corrected chi connectivity index (χ0v) is 52.3. The molecular formula is C67H117NO18. The highest BCUT2D eigenvalue weighted by Gasteiger charge is 2.53. The minimum Gasteiger partial charge on any atom is -0.394 e. The van der Waals surface area contributed by atoms with E-state index in [1.54, 1.807) is 6.08 Å². The van der Waals surface area contributed by atoms with Crippen LogP contribution in [0.1, 0.15) is 213 Å². The number of carbonyl (C=O) groups is 1. The Morgan fingerprint density at radius 1 is 0.430 bits per heavy atom. The van der Waals surface area contributed by atoms with Gasteiger partial charge in [-0.25, -0.2) is 0 Å². The first-order valence-electron chi connectivity index (χ1n) is 33.2. The molecule has 19 heteroatoms. The van der Waals surface area contributed by atoms with Crippen LogP contribution in [0, 0.1) is 0 Å². The van der Waals surface area contributed by atoms with Crippen molar-refractivity contribution in [1.82, 2.24) is 5.32 Å². The smallest absolute Gasteiger partial charge is 0.220 e. The Morgan fingerprint density at radius 3 is 1.30 bits per heavy atom. The molecule has 0 aromatic rings. The third kappa shape index (κ3) is 31.3. The molecule has 17 unspecified atom stereocenters. The average Bonchev–Trinajstić information content (AvgIpc) is 2.24. The van der Waals surface area contributed by atoms with Gasteiger partial charge in [-0.15, -0.1) is 0 Å². The number of ether oxygens (including phenoxy) is 6. The van der Waals surface area contributed by atoms with E-state index >= 15 is 0 Å². The Morgan fingerprint density at radius 2 is 0.814 bits per heavy atom. The van der Waals surface area contributed by atoms with Crippen molar-refractivity contribution in [3.63, 3.8) is 0 Å². The van der Waals surface area contributed by atoms with E-state index in [0.29, 0.717) is 12.8 Å². The van der Waals surface area contributed by atoms with Gasteiger partial charge in [0.05, 0.1) is 38.6 Å². The van der Waals surface area contributed by atoms with E-state index in [0.717, 1.165) is 77.0 Å². The molecule has 3 saturated heterocycles. The molecule has 0 aliphatic carbocycles. The number of aliphatic hydroxyl groups is 11. The highest BCUT2D eigenvalue weighted by molar-refractivity contribution is 5.76. The molecule has 17 atom stereocenters. The second kappa shape index (κ2) is 49.0. The third-order valence-electron chi connectivity index (χ3n) is 16.2. The molecule has 3 aliphatic rings. The Bertz CT molecular complexity index is 1850. The van der Waals surface area contributed by atoms with Crippen LogP contribution in [0.25, 0.3) is 0 Å². The summed E-state index contributed by atoms with van der Waals surface area (Å²) in [7, 11) is 0. The normalized spacial score (nSPS) is 29.2. The maximum atomic E-state index is 13.3. The standard InChI is InChI=1S/C67H117NO18/c1-3-5-7-9-11-13-15-17-19-20-21-22-23-24-25-26-27-28-29-31-32-34-36-38-40-42-44-51(72)50(68-55(73)45-43-41-39-37-35-33-30-18-16-14-12-10-8-6-4-2)49-81-65-61(79)58(76)63(53(47-70)83-65)86-67-62(80)59(77)64(54(48-71)84-67)85-66-60(78)57(75)56(74)52(46-69)82-66/h6,8,12,14,18,28-30,34,36,42,44,50-54,56-67,69-72,74-80H,3-5,7,9-11,13,15-17,19-27,31-33,35,37-41,43,45-49H2,1-2H3,(H,68,73)/b8-6-,14-12-,29-28+,30-18-,36-34+,44-42+. The quantitative estimate of drug-likeness (QED) is 0.0204. The summed E-state index contributed by atoms with van der Waals surface area (Å²) in [6.07, 6.45) is 33.2. The number of amides is 1. The summed E-state index contributed by atoms with van der Waals surface area (Å²) in [4.78, 5) is 13.3. The van der Waals surface area contributed by atoms with E-state index in [1.807, 2.05) is 6.08 Å². The molecule has 3 rings (SSSR count). The highest BCUT2D eigenvalue weighted by atomic mass is 16.8. The van der Waals surface area contributed by atoms with Crippen molar-refractivity contribution < 1.29 is 89.4 Å². The van der Waals surface area contributed by atoms with E-state index in [4.69, 9.17) is 28.4 Å². The van der Waals surface area contributed by atoms with E-state index in [2.05, 4.69) is 79.9 Å². The number of rotatable bonds is 49. The Labute approximate surface area is 515 Å². The largest absolute Gasteiger partial charge is 0.394 e. The Kier molecular flexibility index (Phi) is 44.1. The van der Waals surface area contributed by atoms with Crippen molar-refractivity contribution in [2.75, 3.05) is 26.4 Å². The molecule has 3 fully saturated rings. The van der Waals surface area contributed by atoms with Crippen LogP contribution >= 0.6 is 0 Å². The Balaban J connectivity index is 1.47. The molecule has 0 bridgehead atoms. The van der Waals surface area contributed by atoms with Gasteiger partial charge >= 0.3 is 0 Å².